The van der Waals surface area contributed by atoms with Gasteiger partial charge in [-0.2, -0.15) is 5.26 Å². The first-order chi connectivity index (χ1) is 6.38. The van der Waals surface area contributed by atoms with Crippen LogP contribution in [0.1, 0.15) is 11.7 Å². The predicted octanol–water partition coefficient (Wildman–Crippen LogP) is 0.228. The minimum absolute atomic E-state index is 0.0189. The normalized spacial score (nSPS) is 12.0. The number of hydrogen-bond donors (Lipinski definition) is 2. The van der Waals surface area contributed by atoms with Crippen LogP contribution in [0.2, 0.25) is 0 Å². The summed E-state index contributed by atoms with van der Waals surface area (Å²) in [6.45, 7) is 0.416. The number of pyridine rings is 1. The van der Waals surface area contributed by atoms with Crippen molar-refractivity contribution in [3.63, 3.8) is 0 Å². The summed E-state index contributed by atoms with van der Waals surface area (Å²) in [4.78, 5) is 4.04. The van der Waals surface area contributed by atoms with Gasteiger partial charge in [0, 0.05) is 12.7 Å². The van der Waals surface area contributed by atoms with Crippen molar-refractivity contribution in [2.45, 2.75) is 6.04 Å². The Labute approximate surface area is 76.8 Å². The minimum atomic E-state index is -0.437. The molecule has 1 unspecified atom stereocenters. The fourth-order valence-corrected chi connectivity index (χ4v) is 0.972. The van der Waals surface area contributed by atoms with Gasteiger partial charge in [-0.05, 0) is 12.1 Å². The molecule has 1 aromatic rings. The Hall–Kier alpha value is -1.44. The SMILES string of the molecule is N#CC(NCCO)c1ccccn1. The second-order valence-electron chi connectivity index (χ2n) is 2.49. The summed E-state index contributed by atoms with van der Waals surface area (Å²) < 4.78 is 0. The highest BCUT2D eigenvalue weighted by atomic mass is 16.3. The Morgan fingerprint density at radius 2 is 2.46 bits per heavy atom. The third kappa shape index (κ3) is 2.82. The van der Waals surface area contributed by atoms with Crippen LogP contribution < -0.4 is 5.32 Å². The second-order valence-corrected chi connectivity index (χ2v) is 2.49. The lowest BCUT2D eigenvalue weighted by molar-refractivity contribution is 0.289. The first-order valence-corrected chi connectivity index (χ1v) is 4.03. The molecule has 68 valence electrons. The molecule has 13 heavy (non-hydrogen) atoms. The van der Waals surface area contributed by atoms with Gasteiger partial charge < -0.3 is 5.11 Å². The van der Waals surface area contributed by atoms with Crippen LogP contribution in [0, 0.1) is 11.3 Å². The molecule has 0 aliphatic rings. The summed E-state index contributed by atoms with van der Waals surface area (Å²) >= 11 is 0. The highest BCUT2D eigenvalue weighted by Gasteiger charge is 2.08. The van der Waals surface area contributed by atoms with Gasteiger partial charge in [-0.15, -0.1) is 0 Å². The molecule has 1 atom stereocenters. The molecule has 4 heteroatoms. The van der Waals surface area contributed by atoms with Crippen LogP contribution in [0.15, 0.2) is 24.4 Å². The van der Waals surface area contributed by atoms with Crippen molar-refractivity contribution in [2.24, 2.45) is 0 Å². The zero-order valence-corrected chi connectivity index (χ0v) is 7.14. The standard InChI is InChI=1S/C9H11N3O/c10-7-9(12-5-6-13)8-3-1-2-4-11-8/h1-4,9,12-13H,5-6H2. The van der Waals surface area contributed by atoms with E-state index in [0.29, 0.717) is 12.2 Å². The van der Waals surface area contributed by atoms with Crippen LogP contribution in [-0.4, -0.2) is 23.2 Å². The minimum Gasteiger partial charge on any atom is -0.395 e. The summed E-state index contributed by atoms with van der Waals surface area (Å²) in [5.74, 6) is 0. The van der Waals surface area contributed by atoms with Gasteiger partial charge in [-0.1, -0.05) is 6.07 Å². The monoisotopic (exact) mass is 177 g/mol. The third-order valence-electron chi connectivity index (χ3n) is 1.57. The Morgan fingerprint density at radius 1 is 1.62 bits per heavy atom. The molecule has 0 amide bonds. The highest BCUT2D eigenvalue weighted by Crippen LogP contribution is 2.06. The Balaban J connectivity index is 2.63. The van der Waals surface area contributed by atoms with E-state index in [1.165, 1.54) is 0 Å². The highest BCUT2D eigenvalue weighted by molar-refractivity contribution is 5.15. The van der Waals surface area contributed by atoms with E-state index in [1.807, 2.05) is 6.07 Å². The Morgan fingerprint density at radius 3 is 3.00 bits per heavy atom. The van der Waals surface area contributed by atoms with Gasteiger partial charge >= 0.3 is 0 Å². The largest absolute Gasteiger partial charge is 0.395 e. The molecule has 1 rings (SSSR count). The zero-order chi connectivity index (χ0) is 9.52. The van der Waals surface area contributed by atoms with Crippen LogP contribution in [0.4, 0.5) is 0 Å². The molecule has 0 saturated carbocycles. The van der Waals surface area contributed by atoms with Crippen molar-refractivity contribution in [1.82, 2.24) is 10.3 Å². The molecule has 0 aliphatic heterocycles. The molecule has 0 radical (unpaired) electrons. The van der Waals surface area contributed by atoms with Crippen molar-refractivity contribution >= 4 is 0 Å². The van der Waals surface area contributed by atoms with E-state index in [0.717, 1.165) is 0 Å². The summed E-state index contributed by atoms with van der Waals surface area (Å²) in [5.41, 5.74) is 0.679. The molecule has 1 heterocycles. The quantitative estimate of drug-likeness (QED) is 0.690. The molecule has 0 fully saturated rings. The van der Waals surface area contributed by atoms with Gasteiger partial charge in [0.25, 0.3) is 0 Å². The molecule has 4 nitrogen and oxygen atoms in total. The molecule has 0 aromatic carbocycles. The second kappa shape index (κ2) is 5.25. The Bertz CT molecular complexity index is 281. The van der Waals surface area contributed by atoms with Gasteiger partial charge in [0.05, 0.1) is 18.4 Å². The van der Waals surface area contributed by atoms with Crippen molar-refractivity contribution in [3.8, 4) is 6.07 Å². The van der Waals surface area contributed by atoms with E-state index < -0.39 is 6.04 Å². The lowest BCUT2D eigenvalue weighted by Crippen LogP contribution is -2.23. The number of nitrogens with zero attached hydrogens (tertiary/aromatic N) is 2. The van der Waals surface area contributed by atoms with Crippen LogP contribution >= 0.6 is 0 Å². The number of rotatable bonds is 4. The summed E-state index contributed by atoms with van der Waals surface area (Å²) in [7, 11) is 0. The summed E-state index contributed by atoms with van der Waals surface area (Å²) in [5, 5.41) is 20.2. The lowest BCUT2D eigenvalue weighted by atomic mass is 10.2. The topological polar surface area (TPSA) is 68.9 Å². The van der Waals surface area contributed by atoms with Crippen molar-refractivity contribution in [2.75, 3.05) is 13.2 Å². The van der Waals surface area contributed by atoms with Crippen molar-refractivity contribution in [3.05, 3.63) is 30.1 Å². The average molecular weight is 177 g/mol. The molecule has 1 aromatic heterocycles. The van der Waals surface area contributed by atoms with E-state index in [4.69, 9.17) is 10.4 Å². The number of nitriles is 1. The molecule has 0 spiro atoms. The maximum atomic E-state index is 8.77. The van der Waals surface area contributed by atoms with Gasteiger partial charge in [0.1, 0.15) is 6.04 Å². The zero-order valence-electron chi connectivity index (χ0n) is 7.14. The number of hydrogen-bond acceptors (Lipinski definition) is 4. The first kappa shape index (κ1) is 9.65. The van der Waals surface area contributed by atoms with Crippen molar-refractivity contribution in [1.29, 1.82) is 5.26 Å². The predicted molar refractivity (Wildman–Crippen MR) is 47.7 cm³/mol. The number of aromatic nitrogens is 1. The van der Waals surface area contributed by atoms with E-state index in [-0.39, 0.29) is 6.61 Å². The summed E-state index contributed by atoms with van der Waals surface area (Å²) in [6, 6.07) is 7.03. The number of aliphatic hydroxyl groups is 1. The molecular weight excluding hydrogens is 166 g/mol. The first-order valence-electron chi connectivity index (χ1n) is 4.03. The van der Waals surface area contributed by atoms with Gasteiger partial charge in [-0.3, -0.25) is 10.3 Å². The van der Waals surface area contributed by atoms with Crippen LogP contribution in [0.3, 0.4) is 0 Å². The van der Waals surface area contributed by atoms with E-state index >= 15 is 0 Å². The average Bonchev–Trinajstić information content (AvgIpc) is 2.21. The van der Waals surface area contributed by atoms with Crippen LogP contribution in [0.5, 0.6) is 0 Å². The number of aliphatic hydroxyl groups excluding tert-OH is 1. The summed E-state index contributed by atoms with van der Waals surface area (Å²) in [6.07, 6.45) is 1.64. The number of nitrogens with one attached hydrogen (secondary N) is 1. The van der Waals surface area contributed by atoms with E-state index in [2.05, 4.69) is 16.4 Å². The van der Waals surface area contributed by atoms with Crippen LogP contribution in [-0.2, 0) is 0 Å². The van der Waals surface area contributed by atoms with Gasteiger partial charge in [-0.25, -0.2) is 0 Å². The van der Waals surface area contributed by atoms with E-state index in [9.17, 15) is 0 Å². The van der Waals surface area contributed by atoms with Gasteiger partial charge in [0.15, 0.2) is 0 Å². The maximum absolute atomic E-state index is 8.77. The molecular formula is C9H11N3O. The third-order valence-corrected chi connectivity index (χ3v) is 1.57. The fraction of sp³-hybridized carbons (Fsp3) is 0.333. The van der Waals surface area contributed by atoms with E-state index in [1.54, 1.807) is 18.3 Å². The van der Waals surface area contributed by atoms with Crippen LogP contribution in [0.25, 0.3) is 0 Å². The van der Waals surface area contributed by atoms with Crippen molar-refractivity contribution < 1.29 is 5.11 Å². The molecule has 0 bridgehead atoms. The lowest BCUT2D eigenvalue weighted by Gasteiger charge is -2.08. The maximum Gasteiger partial charge on any atom is 0.138 e. The smallest absolute Gasteiger partial charge is 0.138 e. The molecule has 0 aliphatic carbocycles. The Kier molecular flexibility index (Phi) is 3.89. The molecule has 0 saturated heterocycles. The fourth-order valence-electron chi connectivity index (χ4n) is 0.972. The molecule has 2 N–H and O–H groups in total. The van der Waals surface area contributed by atoms with Gasteiger partial charge in [0.2, 0.25) is 0 Å².